The van der Waals surface area contributed by atoms with Crippen molar-refractivity contribution in [1.82, 2.24) is 15.2 Å². The lowest BCUT2D eigenvalue weighted by molar-refractivity contribution is -0.148. The molecule has 3 rings (SSSR count). The molecule has 1 aliphatic rings. The van der Waals surface area contributed by atoms with Gasteiger partial charge in [-0.15, -0.1) is 11.3 Å². The molecule has 1 aromatic heterocycles. The van der Waals surface area contributed by atoms with Crippen LogP contribution in [0.2, 0.25) is 0 Å². The lowest BCUT2D eigenvalue weighted by Crippen LogP contribution is -2.44. The summed E-state index contributed by atoms with van der Waals surface area (Å²) in [7, 11) is 1.76. The molecule has 0 bridgehead atoms. The van der Waals surface area contributed by atoms with Gasteiger partial charge in [-0.25, -0.2) is 9.78 Å². The average molecular weight is 618 g/mol. The number of phenolic OH excluding ortho intramolecular Hbond substituents is 1. The minimum atomic E-state index is -1.44. The first kappa shape index (κ1) is 34.0. The van der Waals surface area contributed by atoms with Gasteiger partial charge in [0.15, 0.2) is 11.7 Å². The predicted octanol–water partition coefficient (Wildman–Crippen LogP) is 4.35. The maximum absolute atomic E-state index is 13.4. The highest BCUT2D eigenvalue weighted by atomic mass is 32.1. The van der Waals surface area contributed by atoms with Crippen molar-refractivity contribution in [2.24, 2.45) is 11.8 Å². The van der Waals surface area contributed by atoms with Gasteiger partial charge in [-0.1, -0.05) is 46.2 Å². The van der Waals surface area contributed by atoms with Gasteiger partial charge in [-0.2, -0.15) is 0 Å². The van der Waals surface area contributed by atoms with Crippen molar-refractivity contribution in [1.29, 1.82) is 0 Å². The number of ether oxygens (including phenoxy) is 2. The van der Waals surface area contributed by atoms with E-state index in [1.807, 2.05) is 27.7 Å². The number of thiazole rings is 1. The molecule has 1 aromatic carbocycles. The Balaban J connectivity index is 1.80. The molecule has 0 spiro atoms. The first-order chi connectivity index (χ1) is 20.2. The number of epoxide rings is 1. The van der Waals surface area contributed by atoms with Crippen molar-refractivity contribution < 1.29 is 38.9 Å². The highest BCUT2D eigenvalue weighted by molar-refractivity contribution is 7.09. The summed E-state index contributed by atoms with van der Waals surface area (Å²) in [5.41, 5.74) is -0.577. The Morgan fingerprint density at radius 3 is 2.37 bits per heavy atom. The molecule has 2 aromatic rings. The van der Waals surface area contributed by atoms with Crippen LogP contribution in [0.3, 0.4) is 0 Å². The van der Waals surface area contributed by atoms with Crippen molar-refractivity contribution in [3.8, 4) is 5.75 Å². The highest BCUT2D eigenvalue weighted by Crippen LogP contribution is 2.40. The summed E-state index contributed by atoms with van der Waals surface area (Å²) in [5.74, 6) is -1.74. The van der Waals surface area contributed by atoms with Gasteiger partial charge >= 0.3 is 11.9 Å². The molecule has 0 radical (unpaired) electrons. The fourth-order valence-corrected chi connectivity index (χ4v) is 5.88. The van der Waals surface area contributed by atoms with Crippen LogP contribution in [0, 0.1) is 11.8 Å². The van der Waals surface area contributed by atoms with Crippen LogP contribution in [0.4, 0.5) is 0 Å². The second kappa shape index (κ2) is 14.3. The van der Waals surface area contributed by atoms with Gasteiger partial charge in [0.2, 0.25) is 5.91 Å². The summed E-state index contributed by atoms with van der Waals surface area (Å²) in [6.45, 7) is 10.8. The molecule has 2 amide bonds. The number of carbonyl (C=O) groups is 4. The minimum absolute atomic E-state index is 0.0177. The molecule has 0 saturated carbocycles. The van der Waals surface area contributed by atoms with Crippen LogP contribution in [-0.2, 0) is 30.3 Å². The Labute approximate surface area is 256 Å². The topological polar surface area (TPSA) is 159 Å². The summed E-state index contributed by atoms with van der Waals surface area (Å²) < 4.78 is 11.2. The van der Waals surface area contributed by atoms with Crippen LogP contribution in [0.25, 0.3) is 0 Å². The maximum atomic E-state index is 13.4. The van der Waals surface area contributed by atoms with Gasteiger partial charge in [0.1, 0.15) is 22.6 Å². The first-order valence-electron chi connectivity index (χ1n) is 14.5. The van der Waals surface area contributed by atoms with Gasteiger partial charge in [0.25, 0.3) is 5.91 Å². The fourth-order valence-electron chi connectivity index (χ4n) is 5.04. The van der Waals surface area contributed by atoms with Gasteiger partial charge in [0.05, 0.1) is 6.04 Å². The van der Waals surface area contributed by atoms with E-state index in [4.69, 9.17) is 9.47 Å². The lowest BCUT2D eigenvalue weighted by atomic mass is 9.95. The molecule has 3 N–H and O–H groups in total. The summed E-state index contributed by atoms with van der Waals surface area (Å²) in [6.07, 6.45) is 0.344. The molecule has 1 aliphatic heterocycles. The second-order valence-corrected chi connectivity index (χ2v) is 12.7. The van der Waals surface area contributed by atoms with Crippen molar-refractivity contribution in [3.05, 3.63) is 45.9 Å². The Bertz CT molecular complexity index is 1300. The summed E-state index contributed by atoms with van der Waals surface area (Å²) in [6, 6.07) is 5.48. The normalized spacial score (nSPS) is 20.5. The molecule has 1 saturated heterocycles. The number of amides is 2. The van der Waals surface area contributed by atoms with Gasteiger partial charge < -0.3 is 29.9 Å². The van der Waals surface area contributed by atoms with E-state index in [1.165, 1.54) is 37.3 Å². The molecule has 236 valence electrons. The fraction of sp³-hybridized carbons (Fsp3) is 0.581. The monoisotopic (exact) mass is 617 g/mol. The number of nitrogens with one attached hydrogen (secondary N) is 1. The Morgan fingerprint density at radius 2 is 1.84 bits per heavy atom. The quantitative estimate of drug-likeness (QED) is 0.195. The van der Waals surface area contributed by atoms with Crippen molar-refractivity contribution in [3.63, 3.8) is 0 Å². The number of nitrogens with zero attached hydrogens (tertiary/aromatic N) is 2. The smallest absolute Gasteiger partial charge is 0.338 e. The van der Waals surface area contributed by atoms with E-state index >= 15 is 0 Å². The molecular weight excluding hydrogens is 574 g/mol. The summed E-state index contributed by atoms with van der Waals surface area (Å²) >= 11 is 1.17. The zero-order valence-electron chi connectivity index (χ0n) is 25.8. The molecule has 0 aliphatic carbocycles. The molecule has 2 unspecified atom stereocenters. The molecule has 43 heavy (non-hydrogen) atoms. The summed E-state index contributed by atoms with van der Waals surface area (Å²) in [4.78, 5) is 56.4. The van der Waals surface area contributed by atoms with E-state index in [0.717, 1.165) is 12.0 Å². The van der Waals surface area contributed by atoms with E-state index in [9.17, 15) is 29.4 Å². The number of rotatable bonds is 15. The molecule has 1 fully saturated rings. The van der Waals surface area contributed by atoms with Crippen LogP contribution >= 0.6 is 11.3 Å². The number of aromatic hydroxyl groups is 1. The van der Waals surface area contributed by atoms with Crippen LogP contribution in [0.5, 0.6) is 5.75 Å². The van der Waals surface area contributed by atoms with E-state index in [2.05, 4.69) is 10.3 Å². The average Bonchev–Trinajstić information content (AvgIpc) is 3.40. The number of aromatic nitrogens is 1. The third-order valence-electron chi connectivity index (χ3n) is 8.03. The Kier molecular flexibility index (Phi) is 11.3. The van der Waals surface area contributed by atoms with Crippen molar-refractivity contribution >= 4 is 35.1 Å². The van der Waals surface area contributed by atoms with E-state index < -0.39 is 41.7 Å². The number of aliphatic carboxylic acids is 1. The van der Waals surface area contributed by atoms with Crippen LogP contribution in [0.15, 0.2) is 29.6 Å². The standard InChI is InChI=1S/C31H43N3O8S/c1-8-18(4)13-26(37)34(7)24(17(2)3)15-25(41-19(5)35)29-33-23(16-43-29)28(38)32-22(27-31(6,42-27)30(39)40)14-20-9-11-21(36)12-10-20/h9-12,16-18,22,24-25,27,36H,8,13-15H2,1-7H3,(H,32,38)(H,39,40)/t18-,22-,24+,25+,27?,31?/m0/s1. The minimum Gasteiger partial charge on any atom is -0.508 e. The number of carboxylic acids is 1. The number of phenols is 1. The van der Waals surface area contributed by atoms with E-state index in [1.54, 1.807) is 29.5 Å². The zero-order chi connectivity index (χ0) is 32.1. The summed E-state index contributed by atoms with van der Waals surface area (Å²) in [5, 5.41) is 24.1. The Hall–Kier alpha value is -3.51. The highest BCUT2D eigenvalue weighted by Gasteiger charge is 2.62. The van der Waals surface area contributed by atoms with Gasteiger partial charge in [-0.05, 0) is 42.9 Å². The van der Waals surface area contributed by atoms with Gasteiger partial charge in [0, 0.05) is 38.2 Å². The molecule has 11 nitrogen and oxygen atoms in total. The number of esters is 1. The number of hydrogen-bond donors (Lipinski definition) is 3. The number of carboxylic acid groups (broad SMARTS) is 1. The van der Waals surface area contributed by atoms with Crippen molar-refractivity contribution in [2.75, 3.05) is 7.05 Å². The van der Waals surface area contributed by atoms with E-state index in [-0.39, 0.29) is 41.6 Å². The molecular formula is C31H43N3O8S. The number of hydrogen-bond acceptors (Lipinski definition) is 9. The lowest BCUT2D eigenvalue weighted by Gasteiger charge is -2.34. The van der Waals surface area contributed by atoms with Crippen LogP contribution < -0.4 is 5.32 Å². The predicted molar refractivity (Wildman–Crippen MR) is 161 cm³/mol. The van der Waals surface area contributed by atoms with Crippen molar-refractivity contribution in [2.45, 2.75) is 97.1 Å². The van der Waals surface area contributed by atoms with Gasteiger partial charge in [-0.3, -0.25) is 14.4 Å². The third kappa shape index (κ3) is 8.76. The van der Waals surface area contributed by atoms with Crippen LogP contribution in [-0.4, -0.2) is 74.7 Å². The SMILES string of the molecule is CC[C@H](C)CC(=O)N(C)[C@H](C[C@@H](OC(C)=O)c1nc(C(=O)N[C@@H](Cc2ccc(O)cc2)C2OC2(C)C(=O)O)cs1)C(C)C. The molecule has 2 heterocycles. The largest absolute Gasteiger partial charge is 0.508 e. The van der Waals surface area contributed by atoms with E-state index in [0.29, 0.717) is 17.8 Å². The first-order valence-corrected chi connectivity index (χ1v) is 15.4. The second-order valence-electron chi connectivity index (χ2n) is 11.8. The number of carbonyl (C=O) groups excluding carboxylic acids is 3. The van der Waals surface area contributed by atoms with Crippen LogP contribution in [0.1, 0.15) is 88.0 Å². The Morgan fingerprint density at radius 1 is 1.19 bits per heavy atom. The third-order valence-corrected chi connectivity index (χ3v) is 8.97. The maximum Gasteiger partial charge on any atom is 0.338 e. The zero-order valence-corrected chi connectivity index (χ0v) is 26.6. The molecule has 12 heteroatoms. The number of benzene rings is 1. The molecule has 6 atom stereocenters.